The molecule has 1 aromatic rings. The molecule has 0 amide bonds. The minimum absolute atomic E-state index is 0.420. The van der Waals surface area contributed by atoms with E-state index in [9.17, 15) is 5.11 Å². The second-order valence-electron chi connectivity index (χ2n) is 6.05. The normalized spacial score (nSPS) is 20.4. The number of hydrogen-bond donors (Lipinski definition) is 1. The molecule has 2 rings (SSSR count). The third-order valence-corrected chi connectivity index (χ3v) is 4.45. The summed E-state index contributed by atoms with van der Waals surface area (Å²) in [5.41, 5.74) is 1.34. The molecule has 0 heterocycles. The van der Waals surface area contributed by atoms with Crippen LogP contribution in [0.3, 0.4) is 0 Å². The molecule has 0 aliphatic heterocycles. The van der Waals surface area contributed by atoms with Gasteiger partial charge in [-0.1, -0.05) is 69.9 Å². The monoisotopic (exact) mass is 260 g/mol. The van der Waals surface area contributed by atoms with Gasteiger partial charge < -0.3 is 5.11 Å². The fourth-order valence-corrected chi connectivity index (χ4v) is 3.28. The smallest absolute Gasteiger partial charge is 0.115 e. The Balaban J connectivity index is 1.94. The number of phenolic OH excluding ortho intramolecular Hbond substituents is 1. The lowest BCUT2D eigenvalue weighted by molar-refractivity contribution is 0.458. The van der Waals surface area contributed by atoms with E-state index >= 15 is 0 Å². The molecule has 0 spiro atoms. The predicted octanol–water partition coefficient (Wildman–Crippen LogP) is 5.78. The lowest BCUT2D eigenvalue weighted by atomic mass is 9.87. The summed E-state index contributed by atoms with van der Waals surface area (Å²) < 4.78 is 0. The summed E-state index contributed by atoms with van der Waals surface area (Å²) in [5.74, 6) is 1.08. The van der Waals surface area contributed by atoms with Crippen molar-refractivity contribution in [1.82, 2.24) is 0 Å². The van der Waals surface area contributed by atoms with E-state index in [0.29, 0.717) is 11.7 Å². The maximum absolute atomic E-state index is 9.65. The van der Waals surface area contributed by atoms with E-state index in [2.05, 4.69) is 6.07 Å². The first-order valence-electron chi connectivity index (χ1n) is 8.15. The molecule has 1 aromatic carbocycles. The van der Waals surface area contributed by atoms with Crippen LogP contribution in [-0.2, 0) is 0 Å². The van der Waals surface area contributed by atoms with Crippen molar-refractivity contribution in [1.29, 1.82) is 0 Å². The van der Waals surface area contributed by atoms with Crippen molar-refractivity contribution in [3.8, 4) is 5.75 Å². The van der Waals surface area contributed by atoms with Crippen LogP contribution in [0.5, 0.6) is 5.75 Å². The van der Waals surface area contributed by atoms with Crippen molar-refractivity contribution in [2.45, 2.75) is 76.5 Å². The van der Waals surface area contributed by atoms with Gasteiger partial charge in [-0.05, 0) is 36.5 Å². The number of aromatic hydroxyl groups is 1. The molecule has 0 radical (unpaired) electrons. The molecule has 0 atom stereocenters. The van der Waals surface area contributed by atoms with Crippen LogP contribution >= 0.6 is 0 Å². The van der Waals surface area contributed by atoms with Crippen LogP contribution in [0, 0.1) is 0 Å². The van der Waals surface area contributed by atoms with Crippen molar-refractivity contribution in [2.24, 2.45) is 0 Å². The van der Waals surface area contributed by atoms with Crippen LogP contribution in [-0.4, -0.2) is 5.11 Å². The molecule has 1 aliphatic rings. The van der Waals surface area contributed by atoms with Gasteiger partial charge in [-0.15, -0.1) is 0 Å². The van der Waals surface area contributed by atoms with Crippen molar-refractivity contribution in [3.63, 3.8) is 0 Å². The number of hydrogen-bond acceptors (Lipinski definition) is 1. The second kappa shape index (κ2) is 8.24. The predicted molar refractivity (Wildman–Crippen MR) is 81.6 cm³/mol. The zero-order valence-corrected chi connectivity index (χ0v) is 12.1. The van der Waals surface area contributed by atoms with Crippen LogP contribution < -0.4 is 0 Å². The molecule has 1 nitrogen and oxygen atoms in total. The average Bonchev–Trinajstić information content (AvgIpc) is 2.39. The zero-order valence-electron chi connectivity index (χ0n) is 12.1. The molecule has 106 valence electrons. The number of rotatable bonds is 1. The van der Waals surface area contributed by atoms with Crippen LogP contribution in [0.1, 0.15) is 82.1 Å². The Labute approximate surface area is 118 Å². The van der Waals surface area contributed by atoms with Gasteiger partial charge in [-0.2, -0.15) is 0 Å². The van der Waals surface area contributed by atoms with Crippen LogP contribution in [0.4, 0.5) is 0 Å². The van der Waals surface area contributed by atoms with Gasteiger partial charge in [0.05, 0.1) is 0 Å². The molecule has 1 saturated carbocycles. The average molecular weight is 260 g/mol. The third-order valence-electron chi connectivity index (χ3n) is 4.45. The topological polar surface area (TPSA) is 20.2 Å². The summed E-state index contributed by atoms with van der Waals surface area (Å²) in [6.45, 7) is 0. The molecule has 1 aliphatic carbocycles. The van der Waals surface area contributed by atoms with Crippen LogP contribution in [0.15, 0.2) is 24.3 Å². The Bertz CT molecular complexity index is 346. The van der Waals surface area contributed by atoms with E-state index in [4.69, 9.17) is 0 Å². The summed E-state index contributed by atoms with van der Waals surface area (Å²) in [6, 6.07) is 7.92. The molecular weight excluding hydrogens is 232 g/mol. The Kier molecular flexibility index (Phi) is 6.26. The molecule has 0 saturated heterocycles. The lowest BCUT2D eigenvalue weighted by Gasteiger charge is -2.18. The summed E-state index contributed by atoms with van der Waals surface area (Å²) in [5, 5.41) is 9.65. The minimum atomic E-state index is 0.420. The van der Waals surface area contributed by atoms with Crippen molar-refractivity contribution in [3.05, 3.63) is 29.8 Å². The third kappa shape index (κ3) is 5.26. The summed E-state index contributed by atoms with van der Waals surface area (Å²) in [6.07, 6.45) is 15.2. The van der Waals surface area contributed by atoms with Gasteiger partial charge in [0.25, 0.3) is 0 Å². The Morgan fingerprint density at radius 2 is 1.26 bits per heavy atom. The number of benzene rings is 1. The quantitative estimate of drug-likeness (QED) is 0.678. The molecular formula is C18H28O. The van der Waals surface area contributed by atoms with E-state index in [1.54, 1.807) is 6.07 Å². The molecule has 0 aromatic heterocycles. The number of phenols is 1. The molecule has 0 bridgehead atoms. The van der Waals surface area contributed by atoms with Crippen molar-refractivity contribution < 1.29 is 5.11 Å². The zero-order chi connectivity index (χ0) is 13.3. The van der Waals surface area contributed by atoms with Gasteiger partial charge >= 0.3 is 0 Å². The summed E-state index contributed by atoms with van der Waals surface area (Å²) >= 11 is 0. The van der Waals surface area contributed by atoms with E-state index in [0.717, 1.165) is 0 Å². The summed E-state index contributed by atoms with van der Waals surface area (Å²) in [7, 11) is 0. The highest BCUT2D eigenvalue weighted by Gasteiger charge is 2.12. The molecule has 1 heteroatoms. The van der Waals surface area contributed by atoms with E-state index in [-0.39, 0.29) is 0 Å². The van der Waals surface area contributed by atoms with E-state index in [1.807, 2.05) is 12.1 Å². The fraction of sp³-hybridized carbons (Fsp3) is 0.667. The first-order chi connectivity index (χ1) is 9.36. The van der Waals surface area contributed by atoms with E-state index in [1.165, 1.54) is 76.2 Å². The Morgan fingerprint density at radius 1 is 0.737 bits per heavy atom. The van der Waals surface area contributed by atoms with Gasteiger partial charge in [0, 0.05) is 0 Å². The van der Waals surface area contributed by atoms with Crippen molar-refractivity contribution >= 4 is 0 Å². The van der Waals surface area contributed by atoms with E-state index < -0.39 is 0 Å². The minimum Gasteiger partial charge on any atom is -0.508 e. The fourth-order valence-electron chi connectivity index (χ4n) is 3.28. The lowest BCUT2D eigenvalue weighted by Crippen LogP contribution is -2.00. The van der Waals surface area contributed by atoms with Gasteiger partial charge in [0.1, 0.15) is 5.75 Å². The highest BCUT2D eigenvalue weighted by atomic mass is 16.3. The van der Waals surface area contributed by atoms with Gasteiger partial charge in [-0.3, -0.25) is 0 Å². The molecule has 0 unspecified atom stereocenters. The standard InChI is InChI=1S/C18H28O/c19-18-14-10-13-17(15-18)16-11-8-6-4-2-1-3-5-7-9-12-16/h10,13-16,19H,1-9,11-12H2. The highest BCUT2D eigenvalue weighted by Crippen LogP contribution is 2.30. The Hall–Kier alpha value is -0.980. The first-order valence-corrected chi connectivity index (χ1v) is 8.15. The SMILES string of the molecule is Oc1cccc(C2CCCCCCCCCCC2)c1. The highest BCUT2D eigenvalue weighted by molar-refractivity contribution is 5.29. The maximum atomic E-state index is 9.65. The molecule has 1 fully saturated rings. The van der Waals surface area contributed by atoms with Gasteiger partial charge in [-0.25, -0.2) is 0 Å². The van der Waals surface area contributed by atoms with Gasteiger partial charge in [0.2, 0.25) is 0 Å². The van der Waals surface area contributed by atoms with Crippen LogP contribution in [0.2, 0.25) is 0 Å². The summed E-state index contributed by atoms with van der Waals surface area (Å²) in [4.78, 5) is 0. The molecule has 19 heavy (non-hydrogen) atoms. The van der Waals surface area contributed by atoms with Gasteiger partial charge in [0.15, 0.2) is 0 Å². The first kappa shape index (κ1) is 14.4. The maximum Gasteiger partial charge on any atom is 0.115 e. The van der Waals surface area contributed by atoms with Crippen LogP contribution in [0.25, 0.3) is 0 Å². The largest absolute Gasteiger partial charge is 0.508 e. The Morgan fingerprint density at radius 3 is 1.79 bits per heavy atom. The molecule has 1 N–H and O–H groups in total. The second-order valence-corrected chi connectivity index (χ2v) is 6.05. The van der Waals surface area contributed by atoms with Crippen molar-refractivity contribution in [2.75, 3.05) is 0 Å².